The Morgan fingerprint density at radius 2 is 2.10 bits per heavy atom. The summed E-state index contributed by atoms with van der Waals surface area (Å²) in [6, 6.07) is 5.33. The fraction of sp³-hybridized carbons (Fsp3) is 0.154. The lowest BCUT2D eigenvalue weighted by Gasteiger charge is -2.17. The molecule has 0 fully saturated rings. The standard InChI is InChI=1S/C13H11BrClF2N3/c14-9-1-2-10(16)8(13(9)17)6-11(20-18)7-3-4-19-12(15)5-7/h1-5,11,20H,6,18H2. The Bertz CT molecular complexity index is 625. The predicted molar refractivity (Wildman–Crippen MR) is 77.1 cm³/mol. The van der Waals surface area contributed by atoms with Crippen molar-refractivity contribution in [3.63, 3.8) is 0 Å². The van der Waals surface area contributed by atoms with E-state index in [2.05, 4.69) is 26.3 Å². The number of nitrogens with zero attached hydrogens (tertiary/aromatic N) is 1. The minimum absolute atomic E-state index is 0.0461. The largest absolute Gasteiger partial charge is 0.271 e. The van der Waals surface area contributed by atoms with Crippen molar-refractivity contribution in [2.24, 2.45) is 5.84 Å². The monoisotopic (exact) mass is 361 g/mol. The molecule has 1 atom stereocenters. The third-order valence-corrected chi connectivity index (χ3v) is 3.72. The fourth-order valence-electron chi connectivity index (χ4n) is 1.87. The maximum absolute atomic E-state index is 14.0. The zero-order valence-electron chi connectivity index (χ0n) is 10.2. The van der Waals surface area contributed by atoms with Crippen LogP contribution in [0.15, 0.2) is 34.9 Å². The van der Waals surface area contributed by atoms with E-state index in [9.17, 15) is 8.78 Å². The van der Waals surface area contributed by atoms with Crippen molar-refractivity contribution < 1.29 is 8.78 Å². The van der Waals surface area contributed by atoms with E-state index < -0.39 is 17.7 Å². The minimum Gasteiger partial charge on any atom is -0.271 e. The first-order valence-corrected chi connectivity index (χ1v) is 6.90. The summed E-state index contributed by atoms with van der Waals surface area (Å²) in [7, 11) is 0. The number of hydrogen-bond donors (Lipinski definition) is 2. The van der Waals surface area contributed by atoms with Crippen LogP contribution in [-0.2, 0) is 6.42 Å². The van der Waals surface area contributed by atoms with Gasteiger partial charge in [-0.1, -0.05) is 11.6 Å². The van der Waals surface area contributed by atoms with E-state index in [1.807, 2.05) is 0 Å². The number of nitrogens with two attached hydrogens (primary N) is 1. The van der Waals surface area contributed by atoms with Gasteiger partial charge in [-0.05, 0) is 52.2 Å². The van der Waals surface area contributed by atoms with Crippen LogP contribution in [0.5, 0.6) is 0 Å². The maximum atomic E-state index is 14.0. The Morgan fingerprint density at radius 1 is 1.35 bits per heavy atom. The summed E-state index contributed by atoms with van der Waals surface area (Å²) in [5.74, 6) is 4.22. The van der Waals surface area contributed by atoms with Crippen LogP contribution in [0.3, 0.4) is 0 Å². The van der Waals surface area contributed by atoms with Crippen LogP contribution in [0.25, 0.3) is 0 Å². The molecule has 7 heteroatoms. The van der Waals surface area contributed by atoms with Gasteiger partial charge in [0.1, 0.15) is 16.8 Å². The second-order valence-corrected chi connectivity index (χ2v) is 5.40. The van der Waals surface area contributed by atoms with Crippen molar-refractivity contribution in [2.45, 2.75) is 12.5 Å². The van der Waals surface area contributed by atoms with Gasteiger partial charge in [0.2, 0.25) is 0 Å². The first kappa shape index (κ1) is 15.3. The first-order valence-electron chi connectivity index (χ1n) is 5.73. The second kappa shape index (κ2) is 6.58. The lowest BCUT2D eigenvalue weighted by Crippen LogP contribution is -2.30. The molecule has 20 heavy (non-hydrogen) atoms. The van der Waals surface area contributed by atoms with E-state index in [0.29, 0.717) is 5.56 Å². The van der Waals surface area contributed by atoms with Crippen molar-refractivity contribution in [1.82, 2.24) is 10.4 Å². The maximum Gasteiger partial charge on any atom is 0.143 e. The van der Waals surface area contributed by atoms with E-state index >= 15 is 0 Å². The van der Waals surface area contributed by atoms with Crippen LogP contribution in [0, 0.1) is 11.6 Å². The average Bonchev–Trinajstić information content (AvgIpc) is 2.43. The molecule has 2 rings (SSSR count). The van der Waals surface area contributed by atoms with E-state index in [1.54, 1.807) is 12.1 Å². The molecule has 1 aromatic carbocycles. The number of hydrazine groups is 1. The summed E-state index contributed by atoms with van der Waals surface area (Å²) in [4.78, 5) is 3.85. The molecule has 0 amide bonds. The number of hydrogen-bond acceptors (Lipinski definition) is 3. The van der Waals surface area contributed by atoms with Gasteiger partial charge in [0.15, 0.2) is 0 Å². The normalized spacial score (nSPS) is 12.4. The highest BCUT2D eigenvalue weighted by Gasteiger charge is 2.18. The SMILES string of the molecule is NNC(Cc1c(F)ccc(Br)c1F)c1ccnc(Cl)c1. The number of rotatable bonds is 4. The predicted octanol–water partition coefficient (Wildman–Crippen LogP) is 3.52. The molecule has 0 aliphatic rings. The molecule has 3 N–H and O–H groups in total. The summed E-state index contributed by atoms with van der Waals surface area (Å²) >= 11 is 8.84. The van der Waals surface area contributed by atoms with Crippen molar-refractivity contribution in [1.29, 1.82) is 0 Å². The Kier molecular flexibility index (Phi) is 5.04. The van der Waals surface area contributed by atoms with Crippen LogP contribution >= 0.6 is 27.5 Å². The summed E-state index contributed by atoms with van der Waals surface area (Å²) < 4.78 is 27.9. The quantitative estimate of drug-likeness (QED) is 0.379. The molecule has 0 aliphatic heterocycles. The van der Waals surface area contributed by atoms with Crippen molar-refractivity contribution in [3.05, 3.63) is 62.8 Å². The summed E-state index contributed by atoms with van der Waals surface area (Å²) in [6.07, 6.45) is 1.56. The molecule has 1 aromatic heterocycles. The van der Waals surface area contributed by atoms with Gasteiger partial charge in [-0.15, -0.1) is 0 Å². The zero-order chi connectivity index (χ0) is 14.7. The average molecular weight is 363 g/mol. The number of aromatic nitrogens is 1. The Balaban J connectivity index is 2.34. The number of benzene rings is 1. The van der Waals surface area contributed by atoms with Crippen LogP contribution < -0.4 is 11.3 Å². The van der Waals surface area contributed by atoms with Crippen LogP contribution in [-0.4, -0.2) is 4.98 Å². The Morgan fingerprint density at radius 3 is 2.75 bits per heavy atom. The van der Waals surface area contributed by atoms with Crippen molar-refractivity contribution in [2.75, 3.05) is 0 Å². The Hall–Kier alpha value is -1.08. The smallest absolute Gasteiger partial charge is 0.143 e. The molecule has 1 heterocycles. The first-order chi connectivity index (χ1) is 9.52. The van der Waals surface area contributed by atoms with E-state index in [-0.39, 0.29) is 21.6 Å². The highest BCUT2D eigenvalue weighted by Crippen LogP contribution is 2.26. The van der Waals surface area contributed by atoms with E-state index in [0.717, 1.165) is 0 Å². The molecule has 0 aliphatic carbocycles. The van der Waals surface area contributed by atoms with Gasteiger partial charge >= 0.3 is 0 Å². The van der Waals surface area contributed by atoms with Gasteiger partial charge in [-0.2, -0.15) is 0 Å². The number of pyridine rings is 1. The molecule has 0 bridgehead atoms. The van der Waals surface area contributed by atoms with Crippen molar-refractivity contribution >= 4 is 27.5 Å². The molecule has 106 valence electrons. The molecule has 0 saturated carbocycles. The third kappa shape index (κ3) is 3.32. The van der Waals surface area contributed by atoms with E-state index in [1.165, 1.54) is 18.3 Å². The molecule has 0 spiro atoms. The van der Waals surface area contributed by atoms with Gasteiger partial charge in [-0.3, -0.25) is 11.3 Å². The highest BCUT2D eigenvalue weighted by molar-refractivity contribution is 9.10. The minimum atomic E-state index is -0.634. The molecule has 1 unspecified atom stereocenters. The van der Waals surface area contributed by atoms with Gasteiger partial charge in [0, 0.05) is 11.8 Å². The summed E-state index contributed by atoms with van der Waals surface area (Å²) in [5, 5.41) is 0.290. The van der Waals surface area contributed by atoms with Crippen molar-refractivity contribution in [3.8, 4) is 0 Å². The topological polar surface area (TPSA) is 50.9 Å². The number of halogens is 4. The molecular formula is C13H11BrClF2N3. The third-order valence-electron chi connectivity index (χ3n) is 2.90. The van der Waals surface area contributed by atoms with Gasteiger partial charge in [0.25, 0.3) is 0 Å². The molecular weight excluding hydrogens is 352 g/mol. The lowest BCUT2D eigenvalue weighted by molar-refractivity contribution is 0.497. The van der Waals surface area contributed by atoms with Gasteiger partial charge < -0.3 is 0 Å². The lowest BCUT2D eigenvalue weighted by atomic mass is 9.99. The summed E-state index contributed by atoms with van der Waals surface area (Å²) in [6.45, 7) is 0. The van der Waals surface area contributed by atoms with Crippen LogP contribution in [0.2, 0.25) is 5.15 Å². The fourth-order valence-corrected chi connectivity index (χ4v) is 2.42. The second-order valence-electron chi connectivity index (χ2n) is 4.16. The summed E-state index contributed by atoms with van der Waals surface area (Å²) in [5.41, 5.74) is 3.19. The molecule has 0 saturated heterocycles. The Labute approximate surface area is 128 Å². The van der Waals surface area contributed by atoms with Gasteiger partial charge in [-0.25, -0.2) is 13.8 Å². The van der Waals surface area contributed by atoms with Gasteiger partial charge in [0.05, 0.1) is 10.5 Å². The molecule has 2 aromatic rings. The highest BCUT2D eigenvalue weighted by atomic mass is 79.9. The molecule has 0 radical (unpaired) electrons. The zero-order valence-corrected chi connectivity index (χ0v) is 12.5. The van der Waals surface area contributed by atoms with Crippen LogP contribution in [0.1, 0.15) is 17.2 Å². The number of nitrogens with one attached hydrogen (secondary N) is 1. The van der Waals surface area contributed by atoms with Crippen LogP contribution in [0.4, 0.5) is 8.78 Å². The molecule has 3 nitrogen and oxygen atoms in total. The van der Waals surface area contributed by atoms with E-state index in [4.69, 9.17) is 17.4 Å².